The van der Waals surface area contributed by atoms with Gasteiger partial charge in [-0.3, -0.25) is 14.3 Å². The topological polar surface area (TPSA) is 160 Å². The quantitative estimate of drug-likeness (QED) is 0.372. The lowest BCUT2D eigenvalue weighted by Gasteiger charge is -2.33. The van der Waals surface area contributed by atoms with E-state index in [-0.39, 0.29) is 22.5 Å². The summed E-state index contributed by atoms with van der Waals surface area (Å²) in [6.07, 6.45) is -0.597. The second kappa shape index (κ2) is 6.33. The van der Waals surface area contributed by atoms with Gasteiger partial charge in [0.2, 0.25) is 5.95 Å². The highest BCUT2D eigenvalue weighted by atomic mass is 28.1. The van der Waals surface area contributed by atoms with Crippen LogP contribution in [0.5, 0.6) is 0 Å². The molecule has 10 nitrogen and oxygen atoms in total. The number of aromatic amines is 1. The number of aliphatic hydroxyl groups excluding tert-OH is 3. The van der Waals surface area contributed by atoms with E-state index in [9.17, 15) is 20.1 Å². The Hall–Kier alpha value is -2.08. The van der Waals surface area contributed by atoms with Crippen molar-refractivity contribution in [2.24, 2.45) is 0 Å². The standard InChI is InChI=1S/C14H21N5O5Si/c1-2-3-4-14(9(21)7(20)8(24-14)12(23)25)19-5-16-6-10(19)17-13(15)18-11(6)22/h5,7-9,20-21,23H,2-4,25H2,1H3,(H3,15,17,18,22)/t7-,8+,9-,14-/m1/s1. The summed E-state index contributed by atoms with van der Waals surface area (Å²) in [5.41, 5.74) is 3.89. The molecule has 11 heteroatoms. The van der Waals surface area contributed by atoms with Crippen molar-refractivity contribution in [2.75, 3.05) is 5.73 Å². The van der Waals surface area contributed by atoms with Gasteiger partial charge < -0.3 is 25.8 Å². The Morgan fingerprint density at radius 2 is 2.28 bits per heavy atom. The number of ether oxygens (including phenoxy) is 1. The van der Waals surface area contributed by atoms with E-state index >= 15 is 0 Å². The van der Waals surface area contributed by atoms with Gasteiger partial charge in [0.1, 0.15) is 18.3 Å². The lowest BCUT2D eigenvalue weighted by molar-refractivity contribution is -0.136. The Labute approximate surface area is 145 Å². The molecule has 6 N–H and O–H groups in total. The maximum absolute atomic E-state index is 12.0. The summed E-state index contributed by atoms with van der Waals surface area (Å²) >= 11 is 0. The number of aromatic nitrogens is 4. The molecule has 1 aliphatic heterocycles. The molecule has 0 spiro atoms. The van der Waals surface area contributed by atoms with E-state index in [0.717, 1.165) is 6.42 Å². The minimum Gasteiger partial charge on any atom is -0.516 e. The van der Waals surface area contributed by atoms with Crippen molar-refractivity contribution < 1.29 is 20.1 Å². The second-order valence-electron chi connectivity index (χ2n) is 6.15. The van der Waals surface area contributed by atoms with Crippen molar-refractivity contribution in [3.05, 3.63) is 16.7 Å². The largest absolute Gasteiger partial charge is 0.516 e. The lowest BCUT2D eigenvalue weighted by atomic mass is 9.96. The number of hydrogen-bond donors (Lipinski definition) is 5. The Bertz CT molecular complexity index is 867. The minimum absolute atomic E-state index is 0.0467. The van der Waals surface area contributed by atoms with Crippen molar-refractivity contribution in [2.45, 2.75) is 50.2 Å². The zero-order valence-corrected chi connectivity index (χ0v) is 15.1. The Kier molecular flexibility index (Phi) is 4.49. The highest BCUT2D eigenvalue weighted by molar-refractivity contribution is 6.35. The van der Waals surface area contributed by atoms with E-state index in [4.69, 9.17) is 10.5 Å². The molecule has 4 atom stereocenters. The van der Waals surface area contributed by atoms with Crippen LogP contribution in [0, 0.1) is 0 Å². The molecule has 0 amide bonds. The molecule has 0 aromatic carbocycles. The summed E-state index contributed by atoms with van der Waals surface area (Å²) in [5, 5.41) is 30.8. The van der Waals surface area contributed by atoms with Crippen LogP contribution in [0.4, 0.5) is 5.95 Å². The lowest BCUT2D eigenvalue weighted by Crippen LogP contribution is -2.45. The molecule has 2 aromatic rings. The molecule has 1 aliphatic rings. The van der Waals surface area contributed by atoms with Crippen LogP contribution in [-0.2, 0) is 10.5 Å². The zero-order chi connectivity index (χ0) is 18.4. The summed E-state index contributed by atoms with van der Waals surface area (Å²) in [6.45, 7) is 1.97. The van der Waals surface area contributed by atoms with Gasteiger partial charge in [-0.15, -0.1) is 0 Å². The molecule has 0 unspecified atom stereocenters. The van der Waals surface area contributed by atoms with Crippen molar-refractivity contribution in [3.63, 3.8) is 0 Å². The van der Waals surface area contributed by atoms with Gasteiger partial charge in [-0.25, -0.2) is 4.98 Å². The first-order valence-corrected chi connectivity index (χ1v) is 8.67. The van der Waals surface area contributed by atoms with Crippen molar-refractivity contribution >= 4 is 32.3 Å². The smallest absolute Gasteiger partial charge is 0.280 e. The van der Waals surface area contributed by atoms with E-state index in [1.54, 1.807) is 0 Å². The highest BCUT2D eigenvalue weighted by Crippen LogP contribution is 2.41. The van der Waals surface area contributed by atoms with Crippen LogP contribution >= 0.6 is 0 Å². The molecular formula is C14H21N5O5Si. The van der Waals surface area contributed by atoms with E-state index in [1.165, 1.54) is 20.7 Å². The predicted octanol–water partition coefficient (Wildman–Crippen LogP) is -2.20. The number of rotatable bonds is 5. The third kappa shape index (κ3) is 2.68. The van der Waals surface area contributed by atoms with Crippen molar-refractivity contribution in [1.29, 1.82) is 0 Å². The molecule has 0 radical (unpaired) electrons. The number of hydrogen-bond acceptors (Lipinski definition) is 8. The molecular weight excluding hydrogens is 346 g/mol. The number of anilines is 1. The fraction of sp³-hybridized carbons (Fsp3) is 0.571. The molecule has 3 rings (SSSR count). The van der Waals surface area contributed by atoms with Crippen molar-refractivity contribution in [1.82, 2.24) is 19.5 Å². The second-order valence-corrected chi connectivity index (χ2v) is 6.88. The van der Waals surface area contributed by atoms with E-state index < -0.39 is 29.6 Å². The van der Waals surface area contributed by atoms with Gasteiger partial charge >= 0.3 is 0 Å². The van der Waals surface area contributed by atoms with Crippen LogP contribution in [-0.4, -0.2) is 68.4 Å². The summed E-state index contributed by atoms with van der Waals surface area (Å²) < 4.78 is 7.34. The molecule has 2 aromatic heterocycles. The van der Waals surface area contributed by atoms with Gasteiger partial charge in [-0.05, 0) is 12.8 Å². The monoisotopic (exact) mass is 367 g/mol. The Morgan fingerprint density at radius 3 is 2.88 bits per heavy atom. The molecule has 1 saturated heterocycles. The minimum atomic E-state index is -1.42. The van der Waals surface area contributed by atoms with Gasteiger partial charge in [0.05, 0.1) is 11.7 Å². The third-order valence-corrected chi connectivity index (χ3v) is 4.88. The number of nitrogens with two attached hydrogens (primary N) is 1. The summed E-state index contributed by atoms with van der Waals surface area (Å²) in [6, 6.07) is 0. The average molecular weight is 367 g/mol. The van der Waals surface area contributed by atoms with Gasteiger partial charge in [0.15, 0.2) is 16.9 Å². The van der Waals surface area contributed by atoms with Crippen LogP contribution < -0.4 is 11.3 Å². The normalized spacial score (nSPS) is 29.3. The van der Waals surface area contributed by atoms with Crippen LogP contribution in [0.15, 0.2) is 11.1 Å². The Morgan fingerprint density at radius 1 is 1.56 bits per heavy atom. The number of unbranched alkanes of at least 4 members (excludes halogenated alkanes) is 1. The summed E-state index contributed by atoms with van der Waals surface area (Å²) in [4.78, 5) is 22.5. The van der Waals surface area contributed by atoms with Gasteiger partial charge in [-0.1, -0.05) is 13.3 Å². The van der Waals surface area contributed by atoms with Crippen LogP contribution in [0.3, 0.4) is 0 Å². The molecule has 0 aliphatic carbocycles. The number of nitrogens with one attached hydrogen (secondary N) is 1. The number of nitrogen functional groups attached to an aromatic ring is 1. The predicted molar refractivity (Wildman–Crippen MR) is 92.4 cm³/mol. The van der Waals surface area contributed by atoms with Crippen molar-refractivity contribution in [3.8, 4) is 0 Å². The van der Waals surface area contributed by atoms with Gasteiger partial charge in [-0.2, -0.15) is 4.98 Å². The fourth-order valence-corrected chi connectivity index (χ4v) is 3.54. The first-order valence-electron chi connectivity index (χ1n) is 7.97. The number of nitrogens with zero attached hydrogens (tertiary/aromatic N) is 3. The zero-order valence-electron chi connectivity index (χ0n) is 13.7. The first-order chi connectivity index (χ1) is 11.8. The Balaban J connectivity index is 2.21. The van der Waals surface area contributed by atoms with E-state index in [2.05, 4.69) is 15.0 Å². The number of aliphatic hydroxyl groups is 3. The van der Waals surface area contributed by atoms with Crippen LogP contribution in [0.2, 0.25) is 0 Å². The maximum atomic E-state index is 12.0. The molecule has 3 heterocycles. The highest BCUT2D eigenvalue weighted by Gasteiger charge is 2.56. The maximum Gasteiger partial charge on any atom is 0.280 e. The molecule has 25 heavy (non-hydrogen) atoms. The van der Waals surface area contributed by atoms with E-state index in [0.29, 0.717) is 12.8 Å². The molecule has 0 bridgehead atoms. The molecule has 1 fully saturated rings. The molecule has 136 valence electrons. The first kappa shape index (κ1) is 17.7. The van der Waals surface area contributed by atoms with Crippen LogP contribution in [0.1, 0.15) is 26.2 Å². The number of fused-ring (bicyclic) bond motifs is 1. The summed E-state index contributed by atoms with van der Waals surface area (Å²) in [5.74, 6) is -0.0964. The third-order valence-electron chi connectivity index (χ3n) is 4.48. The SMILES string of the molecule is CCCC[C@@]1(n2cnc3c(=O)[nH]c(N)nc32)O[C@H](C(O)=[SiH2])[C@@H](O)[C@H]1O. The van der Waals surface area contributed by atoms with Gasteiger partial charge in [0.25, 0.3) is 5.56 Å². The number of imidazole rings is 1. The van der Waals surface area contributed by atoms with Crippen LogP contribution in [0.25, 0.3) is 11.2 Å². The van der Waals surface area contributed by atoms with E-state index in [1.807, 2.05) is 6.92 Å². The molecule has 0 saturated carbocycles. The summed E-state index contributed by atoms with van der Waals surface area (Å²) in [7, 11) is 1.17. The number of H-pyrrole nitrogens is 1. The average Bonchev–Trinajstić information content (AvgIpc) is 3.08. The fourth-order valence-electron chi connectivity index (χ4n) is 3.22. The van der Waals surface area contributed by atoms with Gasteiger partial charge in [0, 0.05) is 9.85 Å².